The number of aryl methyl sites for hydroxylation is 1. The molecule has 0 aromatic heterocycles. The van der Waals surface area contributed by atoms with Gasteiger partial charge in [0.25, 0.3) is 0 Å². The molecular weight excluding hydrogens is 366 g/mol. The summed E-state index contributed by atoms with van der Waals surface area (Å²) in [4.78, 5) is 38.7. The van der Waals surface area contributed by atoms with Crippen molar-refractivity contribution in [2.75, 3.05) is 23.3 Å². The molecule has 0 spiro atoms. The molecule has 1 heterocycles. The highest BCUT2D eigenvalue weighted by atomic mass is 16.2. The van der Waals surface area contributed by atoms with Gasteiger partial charge in [-0.1, -0.05) is 11.6 Å². The number of nitrogens with one attached hydrogen (secondary N) is 2. The second-order valence-corrected chi connectivity index (χ2v) is 8.28. The van der Waals surface area contributed by atoms with E-state index in [0.29, 0.717) is 12.2 Å². The molecule has 29 heavy (non-hydrogen) atoms. The third kappa shape index (κ3) is 4.86. The van der Waals surface area contributed by atoms with Crippen LogP contribution in [0.25, 0.3) is 0 Å². The van der Waals surface area contributed by atoms with E-state index in [0.717, 1.165) is 62.7 Å². The molecule has 1 aliphatic heterocycles. The van der Waals surface area contributed by atoms with Crippen LogP contribution in [0.2, 0.25) is 0 Å². The van der Waals surface area contributed by atoms with Crippen LogP contribution in [0.3, 0.4) is 0 Å². The van der Waals surface area contributed by atoms with Gasteiger partial charge in [-0.2, -0.15) is 0 Å². The molecule has 1 aromatic rings. The fourth-order valence-corrected chi connectivity index (χ4v) is 4.19. The Morgan fingerprint density at radius 3 is 2.66 bits per heavy atom. The average Bonchev–Trinajstić information content (AvgIpc) is 3.59. The van der Waals surface area contributed by atoms with E-state index in [1.165, 1.54) is 18.4 Å². The molecule has 0 radical (unpaired) electrons. The molecule has 4 rings (SSSR count). The van der Waals surface area contributed by atoms with Gasteiger partial charge in [-0.25, -0.2) is 0 Å². The number of nitrogens with zero attached hydrogens (tertiary/aromatic N) is 1. The monoisotopic (exact) mass is 395 g/mol. The van der Waals surface area contributed by atoms with Crippen molar-refractivity contribution in [1.82, 2.24) is 5.32 Å². The number of anilines is 2. The summed E-state index contributed by atoms with van der Waals surface area (Å²) in [5.74, 6) is -0.849. The summed E-state index contributed by atoms with van der Waals surface area (Å²) in [5, 5.41) is 5.40. The number of carbonyl (C=O) groups excluding carboxylic acids is 3. The largest absolute Gasteiger partial charge is 0.348 e. The smallest absolute Gasteiger partial charge is 0.313 e. The van der Waals surface area contributed by atoms with Gasteiger partial charge in [0.2, 0.25) is 5.91 Å². The summed E-state index contributed by atoms with van der Waals surface area (Å²) >= 11 is 0. The number of rotatable bonds is 5. The summed E-state index contributed by atoms with van der Waals surface area (Å²) in [7, 11) is 0. The Bertz CT molecular complexity index is 842. The quantitative estimate of drug-likeness (QED) is 0.593. The molecule has 1 fully saturated rings. The zero-order valence-electron chi connectivity index (χ0n) is 16.8. The van der Waals surface area contributed by atoms with Crippen molar-refractivity contribution >= 4 is 29.1 Å². The van der Waals surface area contributed by atoms with Crippen molar-refractivity contribution in [3.63, 3.8) is 0 Å². The Balaban J connectivity index is 1.31. The van der Waals surface area contributed by atoms with Gasteiger partial charge in [0.1, 0.15) is 0 Å². The standard InChI is InChI=1S/C23H29N3O3/c27-21(24-13-12-16-5-2-1-3-6-16)22(28)25-19-10-11-20-18(15-19)7-4-14-26(20)23(29)17-8-9-17/h5,10-11,15,17H,1-4,6-9,12-14H2,(H,24,27)(H,25,28). The summed E-state index contributed by atoms with van der Waals surface area (Å²) in [6.45, 7) is 1.24. The predicted octanol–water partition coefficient (Wildman–Crippen LogP) is 3.32. The van der Waals surface area contributed by atoms with Crippen molar-refractivity contribution < 1.29 is 14.4 Å². The summed E-state index contributed by atoms with van der Waals surface area (Å²) in [6.07, 6.45) is 11.5. The molecule has 6 heteroatoms. The fourth-order valence-electron chi connectivity index (χ4n) is 4.19. The van der Waals surface area contributed by atoms with Crippen LogP contribution in [-0.4, -0.2) is 30.8 Å². The lowest BCUT2D eigenvalue weighted by Crippen LogP contribution is -2.37. The van der Waals surface area contributed by atoms with Gasteiger partial charge in [0.05, 0.1) is 0 Å². The number of amides is 3. The van der Waals surface area contributed by atoms with E-state index in [4.69, 9.17) is 0 Å². The molecule has 1 saturated carbocycles. The van der Waals surface area contributed by atoms with Crippen LogP contribution in [0.1, 0.15) is 56.9 Å². The fraction of sp³-hybridized carbons (Fsp3) is 0.522. The summed E-state index contributed by atoms with van der Waals surface area (Å²) in [5.41, 5.74) is 3.96. The Labute approximate surface area is 171 Å². The van der Waals surface area contributed by atoms with Crippen LogP contribution >= 0.6 is 0 Å². The van der Waals surface area contributed by atoms with E-state index in [-0.39, 0.29) is 11.8 Å². The first-order valence-corrected chi connectivity index (χ1v) is 10.8. The van der Waals surface area contributed by atoms with Crippen LogP contribution in [0.15, 0.2) is 29.8 Å². The van der Waals surface area contributed by atoms with Crippen LogP contribution in [0.4, 0.5) is 11.4 Å². The van der Waals surface area contributed by atoms with Crippen molar-refractivity contribution in [3.8, 4) is 0 Å². The first-order chi connectivity index (χ1) is 14.1. The maximum atomic E-state index is 12.5. The lowest BCUT2D eigenvalue weighted by atomic mass is 9.97. The second-order valence-electron chi connectivity index (χ2n) is 8.28. The molecular formula is C23H29N3O3. The van der Waals surface area contributed by atoms with E-state index in [9.17, 15) is 14.4 Å². The molecule has 154 valence electrons. The van der Waals surface area contributed by atoms with Crippen LogP contribution < -0.4 is 15.5 Å². The van der Waals surface area contributed by atoms with Gasteiger partial charge in [-0.3, -0.25) is 14.4 Å². The van der Waals surface area contributed by atoms with Crippen molar-refractivity contribution in [2.45, 2.75) is 57.8 Å². The molecule has 3 aliphatic rings. The van der Waals surface area contributed by atoms with E-state index in [1.807, 2.05) is 17.0 Å². The Hall–Kier alpha value is -2.63. The molecule has 6 nitrogen and oxygen atoms in total. The maximum Gasteiger partial charge on any atom is 0.313 e. The Morgan fingerprint density at radius 1 is 1.03 bits per heavy atom. The lowest BCUT2D eigenvalue weighted by Gasteiger charge is -2.30. The number of carbonyl (C=O) groups is 3. The van der Waals surface area contributed by atoms with Gasteiger partial charge in [0, 0.05) is 30.4 Å². The average molecular weight is 396 g/mol. The minimum absolute atomic E-state index is 0.188. The number of benzene rings is 1. The molecule has 0 atom stereocenters. The van der Waals surface area contributed by atoms with Crippen LogP contribution in [0, 0.1) is 5.92 Å². The Kier molecular flexibility index (Phi) is 5.97. The zero-order chi connectivity index (χ0) is 20.2. The van der Waals surface area contributed by atoms with Gasteiger partial charge >= 0.3 is 11.8 Å². The SMILES string of the molecule is O=C(NCCC1=CCCCC1)C(=O)Nc1ccc2c(c1)CCCN2C(=O)C1CC1. The van der Waals surface area contributed by atoms with E-state index >= 15 is 0 Å². The zero-order valence-corrected chi connectivity index (χ0v) is 16.8. The highest BCUT2D eigenvalue weighted by Crippen LogP contribution is 2.36. The maximum absolute atomic E-state index is 12.5. The van der Waals surface area contributed by atoms with Gasteiger partial charge in [-0.05, 0) is 81.5 Å². The summed E-state index contributed by atoms with van der Waals surface area (Å²) < 4.78 is 0. The normalized spacial score (nSPS) is 18.5. The van der Waals surface area contributed by atoms with Crippen molar-refractivity contribution in [2.24, 2.45) is 5.92 Å². The number of hydrogen-bond donors (Lipinski definition) is 2. The highest BCUT2D eigenvalue weighted by molar-refractivity contribution is 6.39. The first-order valence-electron chi connectivity index (χ1n) is 10.8. The van der Waals surface area contributed by atoms with Gasteiger partial charge in [0.15, 0.2) is 0 Å². The molecule has 0 unspecified atom stereocenters. The molecule has 0 saturated heterocycles. The van der Waals surface area contributed by atoms with E-state index < -0.39 is 11.8 Å². The molecule has 2 N–H and O–H groups in total. The number of allylic oxidation sites excluding steroid dienone is 1. The minimum atomic E-state index is -0.649. The third-order valence-electron chi connectivity index (χ3n) is 5.97. The van der Waals surface area contributed by atoms with E-state index in [1.54, 1.807) is 6.07 Å². The number of fused-ring (bicyclic) bond motifs is 1. The highest BCUT2D eigenvalue weighted by Gasteiger charge is 2.35. The third-order valence-corrected chi connectivity index (χ3v) is 5.97. The second kappa shape index (κ2) is 8.80. The van der Waals surface area contributed by atoms with Gasteiger partial charge in [-0.15, -0.1) is 0 Å². The molecule has 1 aromatic carbocycles. The summed E-state index contributed by atoms with van der Waals surface area (Å²) in [6, 6.07) is 5.55. The van der Waals surface area contributed by atoms with Crippen molar-refractivity contribution in [3.05, 3.63) is 35.4 Å². The van der Waals surface area contributed by atoms with Crippen LogP contribution in [0.5, 0.6) is 0 Å². The number of hydrogen-bond acceptors (Lipinski definition) is 3. The van der Waals surface area contributed by atoms with Crippen molar-refractivity contribution in [1.29, 1.82) is 0 Å². The van der Waals surface area contributed by atoms with Crippen LogP contribution in [-0.2, 0) is 20.8 Å². The minimum Gasteiger partial charge on any atom is -0.348 e. The first kappa shape index (κ1) is 19.7. The Morgan fingerprint density at radius 2 is 1.90 bits per heavy atom. The lowest BCUT2D eigenvalue weighted by molar-refractivity contribution is -0.136. The molecule has 3 amide bonds. The molecule has 2 aliphatic carbocycles. The molecule has 0 bridgehead atoms. The van der Waals surface area contributed by atoms with Gasteiger partial charge < -0.3 is 15.5 Å². The topological polar surface area (TPSA) is 78.5 Å². The predicted molar refractivity (Wildman–Crippen MR) is 113 cm³/mol. The van der Waals surface area contributed by atoms with E-state index in [2.05, 4.69) is 16.7 Å².